The molecule has 0 aromatic carbocycles. The quantitative estimate of drug-likeness (QED) is 0.865. The molecule has 3 rings (SSSR count). The van der Waals surface area contributed by atoms with E-state index in [2.05, 4.69) is 4.98 Å². The van der Waals surface area contributed by atoms with Crippen molar-refractivity contribution in [2.24, 2.45) is 0 Å². The lowest BCUT2D eigenvalue weighted by Crippen LogP contribution is -2.19. The lowest BCUT2D eigenvalue weighted by molar-refractivity contribution is 0.0695. The first kappa shape index (κ1) is 12.4. The summed E-state index contributed by atoms with van der Waals surface area (Å²) in [5.74, 6) is -1.26. The Labute approximate surface area is 117 Å². The van der Waals surface area contributed by atoms with Crippen molar-refractivity contribution in [2.75, 3.05) is 0 Å². The van der Waals surface area contributed by atoms with Gasteiger partial charge in [0, 0.05) is 12.2 Å². The van der Waals surface area contributed by atoms with Gasteiger partial charge in [-0.25, -0.2) is 9.78 Å². The van der Waals surface area contributed by atoms with Crippen LogP contribution in [0.25, 0.3) is 11.0 Å². The van der Waals surface area contributed by atoms with Crippen molar-refractivity contribution in [3.63, 3.8) is 0 Å². The molecule has 1 aliphatic rings. The Hall–Kier alpha value is -1.59. The van der Waals surface area contributed by atoms with E-state index in [1.807, 2.05) is 0 Å². The van der Waals surface area contributed by atoms with Gasteiger partial charge in [0.1, 0.15) is 16.4 Å². The molecule has 1 aliphatic carbocycles. The molecule has 1 saturated carbocycles. The number of halogens is 2. The fourth-order valence-corrected chi connectivity index (χ4v) is 2.29. The Bertz CT molecular complexity index is 766. The second kappa shape index (κ2) is 4.21. The van der Waals surface area contributed by atoms with Crippen LogP contribution in [0.1, 0.15) is 29.2 Å². The molecule has 0 amide bonds. The summed E-state index contributed by atoms with van der Waals surface area (Å²) in [6, 6.07) is 1.55. The molecular formula is C12H8Cl2N2O3. The van der Waals surface area contributed by atoms with Gasteiger partial charge in [-0.05, 0) is 18.9 Å². The normalized spacial score (nSPS) is 14.8. The molecule has 0 bridgehead atoms. The Balaban J connectivity index is 2.45. The molecule has 19 heavy (non-hydrogen) atoms. The molecule has 0 unspecified atom stereocenters. The smallest absolute Gasteiger partial charge is 0.341 e. The van der Waals surface area contributed by atoms with Crippen molar-refractivity contribution in [1.82, 2.24) is 9.55 Å². The maximum Gasteiger partial charge on any atom is 0.341 e. The van der Waals surface area contributed by atoms with Crippen LogP contribution in [0, 0.1) is 0 Å². The van der Waals surface area contributed by atoms with E-state index in [4.69, 9.17) is 28.3 Å². The van der Waals surface area contributed by atoms with Crippen molar-refractivity contribution >= 4 is 40.2 Å². The second-order valence-electron chi connectivity index (χ2n) is 4.45. The van der Waals surface area contributed by atoms with Crippen LogP contribution in [0.15, 0.2) is 17.1 Å². The molecule has 7 heteroatoms. The number of aromatic carboxylic acids is 1. The van der Waals surface area contributed by atoms with E-state index in [1.54, 1.807) is 4.57 Å². The lowest BCUT2D eigenvalue weighted by Gasteiger charge is -2.11. The molecule has 0 radical (unpaired) electrons. The molecule has 0 spiro atoms. The van der Waals surface area contributed by atoms with E-state index in [1.165, 1.54) is 12.3 Å². The Kier molecular flexibility index (Phi) is 2.76. The molecule has 0 saturated heterocycles. The number of pyridine rings is 2. The molecule has 5 nitrogen and oxygen atoms in total. The van der Waals surface area contributed by atoms with Gasteiger partial charge in [0.05, 0.1) is 10.4 Å². The zero-order valence-electron chi connectivity index (χ0n) is 9.56. The van der Waals surface area contributed by atoms with Crippen molar-refractivity contribution in [3.8, 4) is 0 Å². The minimum Gasteiger partial charge on any atom is -0.477 e. The minimum absolute atomic E-state index is 0.103. The van der Waals surface area contributed by atoms with Crippen molar-refractivity contribution in [2.45, 2.75) is 18.9 Å². The molecule has 0 atom stereocenters. The van der Waals surface area contributed by atoms with Crippen LogP contribution in [0.2, 0.25) is 10.2 Å². The first-order valence-electron chi connectivity index (χ1n) is 5.63. The van der Waals surface area contributed by atoms with Crippen molar-refractivity contribution in [1.29, 1.82) is 0 Å². The first-order valence-corrected chi connectivity index (χ1v) is 6.39. The summed E-state index contributed by atoms with van der Waals surface area (Å²) in [4.78, 5) is 27.3. The van der Waals surface area contributed by atoms with Gasteiger partial charge in [-0.2, -0.15) is 0 Å². The summed E-state index contributed by atoms with van der Waals surface area (Å²) in [5.41, 5.74) is -0.489. The number of aromatic nitrogens is 2. The average Bonchev–Trinajstić information content (AvgIpc) is 3.16. The fourth-order valence-electron chi connectivity index (χ4n) is 2.01. The zero-order valence-corrected chi connectivity index (χ0v) is 11.1. The fraction of sp³-hybridized carbons (Fsp3) is 0.250. The van der Waals surface area contributed by atoms with Crippen LogP contribution in [0.5, 0.6) is 0 Å². The van der Waals surface area contributed by atoms with Gasteiger partial charge < -0.3 is 9.67 Å². The average molecular weight is 299 g/mol. The standard InChI is InChI=1S/C12H8Cl2N2O3/c13-8-3-6-9(17)7(12(18)19)4-16(5-1-2-5)11(6)15-10(8)14/h3-5H,1-2H2,(H,18,19). The van der Waals surface area contributed by atoms with Gasteiger partial charge in [0.25, 0.3) is 0 Å². The summed E-state index contributed by atoms with van der Waals surface area (Å²) in [6.07, 6.45) is 3.19. The number of carboxylic acid groups (broad SMARTS) is 1. The largest absolute Gasteiger partial charge is 0.477 e. The number of carboxylic acids is 1. The van der Waals surface area contributed by atoms with Crippen LogP contribution >= 0.6 is 23.2 Å². The second-order valence-corrected chi connectivity index (χ2v) is 5.21. The van der Waals surface area contributed by atoms with Crippen molar-refractivity contribution < 1.29 is 9.90 Å². The van der Waals surface area contributed by atoms with E-state index in [0.717, 1.165) is 12.8 Å². The van der Waals surface area contributed by atoms with E-state index >= 15 is 0 Å². The van der Waals surface area contributed by atoms with Gasteiger partial charge in [0.15, 0.2) is 0 Å². The summed E-state index contributed by atoms with van der Waals surface area (Å²) < 4.78 is 1.70. The highest BCUT2D eigenvalue weighted by molar-refractivity contribution is 6.41. The number of hydrogen-bond acceptors (Lipinski definition) is 3. The number of fused-ring (bicyclic) bond motifs is 1. The minimum atomic E-state index is -1.26. The van der Waals surface area contributed by atoms with Gasteiger partial charge >= 0.3 is 5.97 Å². The Morgan fingerprint density at radius 3 is 2.68 bits per heavy atom. The van der Waals surface area contributed by atoms with Crippen LogP contribution in [0.4, 0.5) is 0 Å². The van der Waals surface area contributed by atoms with Crippen LogP contribution in [-0.4, -0.2) is 20.6 Å². The highest BCUT2D eigenvalue weighted by Crippen LogP contribution is 2.37. The predicted octanol–water partition coefficient (Wildman–Crippen LogP) is 2.74. The van der Waals surface area contributed by atoms with Gasteiger partial charge in [-0.15, -0.1) is 0 Å². The topological polar surface area (TPSA) is 72.2 Å². The van der Waals surface area contributed by atoms with Gasteiger partial charge in [0.2, 0.25) is 5.43 Å². The monoisotopic (exact) mass is 298 g/mol. The van der Waals surface area contributed by atoms with Crippen LogP contribution < -0.4 is 5.43 Å². The molecule has 98 valence electrons. The van der Waals surface area contributed by atoms with E-state index in [0.29, 0.717) is 5.65 Å². The third-order valence-corrected chi connectivity index (χ3v) is 3.76. The summed E-state index contributed by atoms with van der Waals surface area (Å²) in [7, 11) is 0. The zero-order chi connectivity index (χ0) is 13.7. The summed E-state index contributed by atoms with van der Waals surface area (Å²) in [6.45, 7) is 0. The third kappa shape index (κ3) is 1.99. The molecule has 0 aliphatic heterocycles. The molecular weight excluding hydrogens is 291 g/mol. The van der Waals surface area contributed by atoms with E-state index < -0.39 is 11.4 Å². The number of rotatable bonds is 2. The number of nitrogens with zero attached hydrogens (tertiary/aromatic N) is 2. The molecule has 1 fully saturated rings. The maximum absolute atomic E-state index is 12.1. The summed E-state index contributed by atoms with van der Waals surface area (Å²) in [5, 5.41) is 9.50. The van der Waals surface area contributed by atoms with Gasteiger partial charge in [-0.1, -0.05) is 23.2 Å². The molecule has 1 N–H and O–H groups in total. The lowest BCUT2D eigenvalue weighted by atomic mass is 10.2. The molecule has 2 aromatic heterocycles. The molecule has 2 aromatic rings. The third-order valence-electron chi connectivity index (χ3n) is 3.09. The summed E-state index contributed by atoms with van der Waals surface area (Å²) >= 11 is 11.7. The number of carbonyl (C=O) groups is 1. The van der Waals surface area contributed by atoms with E-state index in [-0.39, 0.29) is 27.2 Å². The van der Waals surface area contributed by atoms with Crippen molar-refractivity contribution in [3.05, 3.63) is 38.2 Å². The highest BCUT2D eigenvalue weighted by atomic mass is 35.5. The van der Waals surface area contributed by atoms with E-state index in [9.17, 15) is 9.59 Å². The SMILES string of the molecule is O=C(O)c1cn(C2CC2)c2nc(Cl)c(Cl)cc2c1=O. The van der Waals surface area contributed by atoms with Crippen LogP contribution in [0.3, 0.4) is 0 Å². The number of hydrogen-bond donors (Lipinski definition) is 1. The Morgan fingerprint density at radius 1 is 1.42 bits per heavy atom. The maximum atomic E-state index is 12.1. The van der Waals surface area contributed by atoms with Gasteiger partial charge in [-0.3, -0.25) is 4.79 Å². The Morgan fingerprint density at radius 2 is 2.11 bits per heavy atom. The first-order chi connectivity index (χ1) is 8.99. The van der Waals surface area contributed by atoms with Crippen LogP contribution in [-0.2, 0) is 0 Å². The highest BCUT2D eigenvalue weighted by Gasteiger charge is 2.27. The molecule has 2 heterocycles. The predicted molar refractivity (Wildman–Crippen MR) is 71.3 cm³/mol.